The van der Waals surface area contributed by atoms with Gasteiger partial charge in [-0.3, -0.25) is 4.79 Å². The summed E-state index contributed by atoms with van der Waals surface area (Å²) in [5, 5.41) is 16.0. The van der Waals surface area contributed by atoms with Crippen molar-refractivity contribution in [2.45, 2.75) is 13.8 Å². The molecule has 78 valence electrons. The SMILES string of the molecule is CC(=O)Nc1cc2nc(C)cc(O)n2n1. The van der Waals surface area contributed by atoms with Crippen LogP contribution in [0.2, 0.25) is 0 Å². The van der Waals surface area contributed by atoms with Crippen LogP contribution >= 0.6 is 0 Å². The Morgan fingerprint density at radius 3 is 2.93 bits per heavy atom. The van der Waals surface area contributed by atoms with Gasteiger partial charge in [0.2, 0.25) is 11.8 Å². The first-order valence-electron chi connectivity index (χ1n) is 4.40. The number of aryl methyl sites for hydroxylation is 1. The van der Waals surface area contributed by atoms with E-state index in [1.54, 1.807) is 13.0 Å². The average Bonchev–Trinajstić information content (AvgIpc) is 2.45. The van der Waals surface area contributed by atoms with Crippen LogP contribution in [0.3, 0.4) is 0 Å². The normalized spacial score (nSPS) is 10.5. The van der Waals surface area contributed by atoms with E-state index in [-0.39, 0.29) is 11.8 Å². The van der Waals surface area contributed by atoms with Gasteiger partial charge in [0.25, 0.3) is 0 Å². The van der Waals surface area contributed by atoms with Gasteiger partial charge in [0, 0.05) is 24.8 Å². The molecular weight excluding hydrogens is 196 g/mol. The topological polar surface area (TPSA) is 79.5 Å². The number of nitrogens with one attached hydrogen (secondary N) is 1. The Kier molecular flexibility index (Phi) is 2.03. The molecule has 0 saturated carbocycles. The lowest BCUT2D eigenvalue weighted by Gasteiger charge is -1.97. The van der Waals surface area contributed by atoms with E-state index in [1.165, 1.54) is 17.5 Å². The molecule has 2 heterocycles. The van der Waals surface area contributed by atoms with Gasteiger partial charge in [-0.1, -0.05) is 0 Å². The molecular formula is C9H10N4O2. The van der Waals surface area contributed by atoms with Gasteiger partial charge in [0.15, 0.2) is 11.5 Å². The van der Waals surface area contributed by atoms with E-state index in [2.05, 4.69) is 15.4 Å². The Hall–Kier alpha value is -2.11. The molecule has 15 heavy (non-hydrogen) atoms. The number of carbonyl (C=O) groups is 1. The summed E-state index contributed by atoms with van der Waals surface area (Å²) in [5.41, 5.74) is 1.19. The van der Waals surface area contributed by atoms with Crippen molar-refractivity contribution in [1.29, 1.82) is 0 Å². The lowest BCUT2D eigenvalue weighted by Crippen LogP contribution is -2.06. The molecule has 2 rings (SSSR count). The summed E-state index contributed by atoms with van der Waals surface area (Å²) in [7, 11) is 0. The Morgan fingerprint density at radius 2 is 2.27 bits per heavy atom. The zero-order valence-electron chi connectivity index (χ0n) is 8.35. The van der Waals surface area contributed by atoms with Crippen LogP contribution in [-0.4, -0.2) is 25.6 Å². The van der Waals surface area contributed by atoms with E-state index in [0.717, 1.165) is 0 Å². The molecule has 0 aliphatic heterocycles. The molecule has 0 aliphatic rings. The highest BCUT2D eigenvalue weighted by atomic mass is 16.3. The van der Waals surface area contributed by atoms with Crippen LogP contribution in [0.1, 0.15) is 12.6 Å². The molecule has 0 aliphatic carbocycles. The number of nitrogens with zero attached hydrogens (tertiary/aromatic N) is 3. The molecule has 0 radical (unpaired) electrons. The van der Waals surface area contributed by atoms with Crippen molar-refractivity contribution in [3.8, 4) is 5.88 Å². The van der Waals surface area contributed by atoms with E-state index >= 15 is 0 Å². The summed E-state index contributed by atoms with van der Waals surface area (Å²) in [6.07, 6.45) is 0. The molecule has 6 heteroatoms. The second kappa shape index (κ2) is 3.23. The van der Waals surface area contributed by atoms with Crippen molar-refractivity contribution >= 4 is 17.4 Å². The van der Waals surface area contributed by atoms with Crippen LogP contribution in [0, 0.1) is 6.92 Å². The van der Waals surface area contributed by atoms with E-state index in [1.807, 2.05) is 0 Å². The van der Waals surface area contributed by atoms with Gasteiger partial charge < -0.3 is 10.4 Å². The molecule has 2 aromatic rings. The van der Waals surface area contributed by atoms with E-state index in [4.69, 9.17) is 0 Å². The third kappa shape index (κ3) is 1.74. The van der Waals surface area contributed by atoms with E-state index in [9.17, 15) is 9.90 Å². The van der Waals surface area contributed by atoms with Gasteiger partial charge in [0.1, 0.15) is 0 Å². The van der Waals surface area contributed by atoms with Gasteiger partial charge in [-0.25, -0.2) is 4.98 Å². The van der Waals surface area contributed by atoms with Crippen molar-refractivity contribution < 1.29 is 9.90 Å². The number of hydrogen-bond acceptors (Lipinski definition) is 4. The fourth-order valence-electron chi connectivity index (χ4n) is 1.32. The largest absolute Gasteiger partial charge is 0.493 e. The maximum absolute atomic E-state index is 10.8. The minimum absolute atomic E-state index is 0.00546. The zero-order chi connectivity index (χ0) is 11.0. The lowest BCUT2D eigenvalue weighted by atomic mass is 10.4. The molecule has 0 bridgehead atoms. The van der Waals surface area contributed by atoms with Crippen LogP contribution in [0.25, 0.3) is 5.65 Å². The summed E-state index contributed by atoms with van der Waals surface area (Å²) in [5.74, 6) is 0.152. The van der Waals surface area contributed by atoms with Crippen LogP contribution in [0.15, 0.2) is 12.1 Å². The van der Waals surface area contributed by atoms with E-state index < -0.39 is 0 Å². The number of amides is 1. The Balaban J connectivity index is 2.55. The molecule has 0 spiro atoms. The number of aromatic nitrogens is 3. The summed E-state index contributed by atoms with van der Waals surface area (Å²) < 4.78 is 1.26. The highest BCUT2D eigenvalue weighted by Crippen LogP contribution is 2.16. The van der Waals surface area contributed by atoms with Crippen LogP contribution in [0.4, 0.5) is 5.82 Å². The Labute approximate surface area is 85.6 Å². The van der Waals surface area contributed by atoms with Crippen molar-refractivity contribution in [3.63, 3.8) is 0 Å². The molecule has 6 nitrogen and oxygen atoms in total. The second-order valence-corrected chi connectivity index (χ2v) is 3.24. The van der Waals surface area contributed by atoms with Crippen LogP contribution < -0.4 is 5.32 Å². The number of aromatic hydroxyl groups is 1. The molecule has 0 unspecified atom stereocenters. The molecule has 1 amide bonds. The summed E-state index contributed by atoms with van der Waals surface area (Å²) in [4.78, 5) is 15.0. The molecule has 0 atom stereocenters. The highest BCUT2D eigenvalue weighted by Gasteiger charge is 2.07. The summed E-state index contributed by atoms with van der Waals surface area (Å²) >= 11 is 0. The second-order valence-electron chi connectivity index (χ2n) is 3.24. The van der Waals surface area contributed by atoms with Gasteiger partial charge in [0.05, 0.1) is 0 Å². The van der Waals surface area contributed by atoms with Crippen molar-refractivity contribution in [1.82, 2.24) is 14.6 Å². The lowest BCUT2D eigenvalue weighted by molar-refractivity contribution is -0.114. The first-order valence-corrected chi connectivity index (χ1v) is 4.40. The molecule has 2 aromatic heterocycles. The highest BCUT2D eigenvalue weighted by molar-refractivity contribution is 5.88. The van der Waals surface area contributed by atoms with Gasteiger partial charge >= 0.3 is 0 Å². The van der Waals surface area contributed by atoms with Crippen molar-refractivity contribution in [3.05, 3.63) is 17.8 Å². The number of anilines is 1. The standard InChI is InChI=1S/C9H10N4O2/c1-5-3-9(15)13-8(10-5)4-7(12-13)11-6(2)14/h3-4,15H,1-2H3,(H,11,12,14). The minimum Gasteiger partial charge on any atom is -0.493 e. The monoisotopic (exact) mass is 206 g/mol. The maximum atomic E-state index is 10.8. The fourth-order valence-corrected chi connectivity index (χ4v) is 1.32. The maximum Gasteiger partial charge on any atom is 0.222 e. The van der Waals surface area contributed by atoms with Gasteiger partial charge in [-0.05, 0) is 6.92 Å². The Bertz CT molecular complexity index is 532. The summed E-state index contributed by atoms with van der Waals surface area (Å²) in [6.45, 7) is 3.16. The van der Waals surface area contributed by atoms with Crippen LogP contribution in [-0.2, 0) is 4.79 Å². The van der Waals surface area contributed by atoms with Gasteiger partial charge in [-0.15, -0.1) is 5.10 Å². The molecule has 0 fully saturated rings. The smallest absolute Gasteiger partial charge is 0.222 e. The third-order valence-corrected chi connectivity index (χ3v) is 1.84. The quantitative estimate of drug-likeness (QED) is 0.719. The summed E-state index contributed by atoms with van der Waals surface area (Å²) in [6, 6.07) is 3.09. The average molecular weight is 206 g/mol. The first-order chi connectivity index (χ1) is 7.06. The number of rotatable bonds is 1. The van der Waals surface area contributed by atoms with E-state index in [0.29, 0.717) is 17.2 Å². The fraction of sp³-hybridized carbons (Fsp3) is 0.222. The molecule has 2 N–H and O–H groups in total. The molecule has 0 saturated heterocycles. The predicted octanol–water partition coefficient (Wildman–Crippen LogP) is 0.702. The minimum atomic E-state index is -0.213. The number of fused-ring (bicyclic) bond motifs is 1. The Morgan fingerprint density at radius 1 is 1.53 bits per heavy atom. The predicted molar refractivity (Wildman–Crippen MR) is 53.7 cm³/mol. The first kappa shape index (κ1) is 9.45. The number of hydrogen-bond donors (Lipinski definition) is 2. The number of carbonyl (C=O) groups excluding carboxylic acids is 1. The molecule has 0 aromatic carbocycles. The third-order valence-electron chi connectivity index (χ3n) is 1.84. The zero-order valence-corrected chi connectivity index (χ0v) is 8.35. The van der Waals surface area contributed by atoms with Gasteiger partial charge in [-0.2, -0.15) is 4.52 Å². The van der Waals surface area contributed by atoms with Crippen molar-refractivity contribution in [2.75, 3.05) is 5.32 Å². The van der Waals surface area contributed by atoms with Crippen LogP contribution in [0.5, 0.6) is 5.88 Å². The van der Waals surface area contributed by atoms with Crippen molar-refractivity contribution in [2.24, 2.45) is 0 Å².